The number of hydrogen-bond donors (Lipinski definition) is 0. The number of hydrogen-bond acceptors (Lipinski definition) is 0. The van der Waals surface area contributed by atoms with E-state index < -0.39 is 60.4 Å². The molecular formula is C42H28BrN. The third kappa shape index (κ3) is 4.74. The van der Waals surface area contributed by atoms with Crippen molar-refractivity contribution in [2.24, 2.45) is 0 Å². The predicted molar refractivity (Wildman–Crippen MR) is 190 cm³/mol. The first-order valence-electron chi connectivity index (χ1n) is 19.1. The van der Waals surface area contributed by atoms with Gasteiger partial charge in [0.2, 0.25) is 0 Å². The molecule has 0 saturated carbocycles. The SMILES string of the molecule is [2H]c1c([2H])c([2H])c(-c2cc(-c3c([2H])c([2H])c([2H])c([2H])c3[2H])cc(-n3c4ccccc4c4ccc(-c5ccc(-c6ccccc6Br)cc5)cc43)c2)c([2H])c1[2H]. The second-order valence-electron chi connectivity index (χ2n) is 10.4. The van der Waals surface area contributed by atoms with Crippen molar-refractivity contribution in [3.8, 4) is 50.2 Å². The van der Waals surface area contributed by atoms with Gasteiger partial charge in [0.1, 0.15) is 0 Å². The number of halogens is 1. The molecule has 7 aromatic carbocycles. The molecule has 0 aliphatic heterocycles. The van der Waals surface area contributed by atoms with Gasteiger partial charge in [0.05, 0.1) is 24.7 Å². The molecule has 0 fully saturated rings. The largest absolute Gasteiger partial charge is 0.309 e. The maximum Gasteiger partial charge on any atom is 0.0629 e. The smallest absolute Gasteiger partial charge is 0.0629 e. The average molecular weight is 637 g/mol. The molecule has 1 aromatic heterocycles. The minimum Gasteiger partial charge on any atom is -0.309 e. The van der Waals surface area contributed by atoms with Crippen molar-refractivity contribution >= 4 is 37.7 Å². The first-order valence-corrected chi connectivity index (χ1v) is 14.8. The van der Waals surface area contributed by atoms with E-state index in [4.69, 9.17) is 13.7 Å². The Balaban J connectivity index is 1.42. The van der Waals surface area contributed by atoms with Gasteiger partial charge in [-0.05, 0) is 80.9 Å². The highest BCUT2D eigenvalue weighted by atomic mass is 79.9. The fraction of sp³-hybridized carbons (Fsp3) is 0. The van der Waals surface area contributed by atoms with E-state index >= 15 is 0 Å². The standard InChI is InChI=1S/C42H28BrN/c43-40-17-9-7-15-37(40)32-21-19-31(20-22-32)33-23-24-39-38-16-8-10-18-41(38)44(42(39)28-33)36-26-34(29-11-3-1-4-12-29)25-35(27-36)30-13-5-2-6-14-30/h1-28H/i1D,2D,3D,4D,5D,6D,11D,12D,13D,14D. The van der Waals surface area contributed by atoms with Crippen LogP contribution in [0, 0.1) is 0 Å². The summed E-state index contributed by atoms with van der Waals surface area (Å²) in [4.78, 5) is 0. The minimum absolute atomic E-state index is 0.0666. The van der Waals surface area contributed by atoms with Crippen LogP contribution in [0.15, 0.2) is 174 Å². The molecule has 0 aliphatic rings. The summed E-state index contributed by atoms with van der Waals surface area (Å²) in [6.45, 7) is 0. The fourth-order valence-electron chi connectivity index (χ4n) is 5.78. The van der Waals surface area contributed by atoms with Crippen molar-refractivity contribution in [1.29, 1.82) is 0 Å². The Hall–Kier alpha value is -5.18. The lowest BCUT2D eigenvalue weighted by atomic mass is 9.97. The summed E-state index contributed by atoms with van der Waals surface area (Å²) in [7, 11) is 0. The predicted octanol–water partition coefficient (Wildman–Crippen LogP) is 12.2. The summed E-state index contributed by atoms with van der Waals surface area (Å²) in [5.41, 5.74) is 6.54. The molecule has 0 spiro atoms. The van der Waals surface area contributed by atoms with E-state index in [1.807, 2.05) is 47.0 Å². The second-order valence-corrected chi connectivity index (χ2v) is 11.3. The van der Waals surface area contributed by atoms with Gasteiger partial charge in [-0.15, -0.1) is 0 Å². The molecule has 208 valence electrons. The molecule has 1 heterocycles. The Labute approximate surface area is 279 Å². The zero-order chi connectivity index (χ0) is 38.2. The summed E-state index contributed by atoms with van der Waals surface area (Å²) in [6, 6.07) is 30.6. The van der Waals surface area contributed by atoms with Crippen LogP contribution in [0.25, 0.3) is 72.0 Å². The number of nitrogens with zero attached hydrogens (tertiary/aromatic N) is 1. The molecule has 8 aromatic rings. The number of aromatic nitrogens is 1. The molecule has 0 unspecified atom stereocenters. The average Bonchev–Trinajstić information content (AvgIpc) is 3.52. The van der Waals surface area contributed by atoms with Crippen LogP contribution < -0.4 is 0 Å². The Morgan fingerprint density at radius 1 is 0.432 bits per heavy atom. The van der Waals surface area contributed by atoms with E-state index in [1.54, 1.807) is 12.1 Å². The topological polar surface area (TPSA) is 4.93 Å². The molecule has 0 bridgehead atoms. The maximum atomic E-state index is 8.80. The van der Waals surface area contributed by atoms with Gasteiger partial charge in [0.25, 0.3) is 0 Å². The number of para-hydroxylation sites is 1. The quantitative estimate of drug-likeness (QED) is 0.177. The fourth-order valence-corrected chi connectivity index (χ4v) is 6.30. The summed E-state index contributed by atoms with van der Waals surface area (Å²) < 4.78 is 88.1. The van der Waals surface area contributed by atoms with Crippen LogP contribution in [-0.4, -0.2) is 4.57 Å². The van der Waals surface area contributed by atoms with Gasteiger partial charge in [-0.3, -0.25) is 0 Å². The Kier molecular flexibility index (Phi) is 4.51. The Bertz CT molecular complexity index is 2700. The first-order chi connectivity index (χ1) is 25.9. The van der Waals surface area contributed by atoms with Gasteiger partial charge >= 0.3 is 0 Å². The molecular weight excluding hydrogens is 598 g/mol. The molecule has 2 heteroatoms. The highest BCUT2D eigenvalue weighted by Crippen LogP contribution is 2.38. The molecule has 0 atom stereocenters. The zero-order valence-corrected chi connectivity index (χ0v) is 24.8. The van der Waals surface area contributed by atoms with E-state index in [0.29, 0.717) is 5.69 Å². The van der Waals surface area contributed by atoms with Gasteiger partial charge < -0.3 is 4.57 Å². The lowest BCUT2D eigenvalue weighted by Gasteiger charge is -2.14. The number of rotatable bonds is 5. The van der Waals surface area contributed by atoms with E-state index in [1.165, 1.54) is 6.07 Å². The molecule has 0 aliphatic carbocycles. The van der Waals surface area contributed by atoms with Crippen LogP contribution in [-0.2, 0) is 0 Å². The van der Waals surface area contributed by atoms with Crippen molar-refractivity contribution in [3.63, 3.8) is 0 Å². The summed E-state index contributed by atoms with van der Waals surface area (Å²) in [6.07, 6.45) is 0. The normalized spacial score (nSPS) is 14.5. The van der Waals surface area contributed by atoms with Crippen LogP contribution in [0.1, 0.15) is 13.7 Å². The molecule has 0 N–H and O–H groups in total. The molecule has 0 amide bonds. The highest BCUT2D eigenvalue weighted by Gasteiger charge is 2.15. The summed E-state index contributed by atoms with van der Waals surface area (Å²) >= 11 is 3.65. The zero-order valence-electron chi connectivity index (χ0n) is 33.2. The van der Waals surface area contributed by atoms with Crippen LogP contribution in [0.5, 0.6) is 0 Å². The van der Waals surface area contributed by atoms with E-state index in [9.17, 15) is 0 Å². The molecule has 0 saturated heterocycles. The van der Waals surface area contributed by atoms with E-state index in [-0.39, 0.29) is 22.3 Å². The van der Waals surface area contributed by atoms with Gasteiger partial charge in [-0.2, -0.15) is 0 Å². The van der Waals surface area contributed by atoms with Crippen molar-refractivity contribution in [3.05, 3.63) is 174 Å². The van der Waals surface area contributed by atoms with Crippen molar-refractivity contribution in [2.75, 3.05) is 0 Å². The van der Waals surface area contributed by atoms with Crippen LogP contribution in [0.2, 0.25) is 0 Å². The third-order valence-corrected chi connectivity index (χ3v) is 8.52. The van der Waals surface area contributed by atoms with Gasteiger partial charge in [0.15, 0.2) is 0 Å². The van der Waals surface area contributed by atoms with E-state index in [0.717, 1.165) is 48.5 Å². The number of benzene rings is 7. The van der Waals surface area contributed by atoms with E-state index in [2.05, 4.69) is 64.5 Å². The lowest BCUT2D eigenvalue weighted by Crippen LogP contribution is -1.96. The van der Waals surface area contributed by atoms with Crippen LogP contribution >= 0.6 is 15.9 Å². The monoisotopic (exact) mass is 635 g/mol. The van der Waals surface area contributed by atoms with Crippen LogP contribution in [0.4, 0.5) is 0 Å². The van der Waals surface area contributed by atoms with Crippen molar-refractivity contribution < 1.29 is 13.7 Å². The van der Waals surface area contributed by atoms with Gasteiger partial charge in [0, 0.05) is 20.9 Å². The van der Waals surface area contributed by atoms with Crippen LogP contribution in [0.3, 0.4) is 0 Å². The third-order valence-electron chi connectivity index (χ3n) is 7.83. The summed E-state index contributed by atoms with van der Waals surface area (Å²) in [5.74, 6) is 0. The van der Waals surface area contributed by atoms with Gasteiger partial charge in [-0.25, -0.2) is 0 Å². The number of fused-ring (bicyclic) bond motifs is 3. The maximum absolute atomic E-state index is 8.80. The van der Waals surface area contributed by atoms with Crippen molar-refractivity contribution in [2.45, 2.75) is 0 Å². The Morgan fingerprint density at radius 3 is 1.68 bits per heavy atom. The minimum atomic E-state index is -0.532. The highest BCUT2D eigenvalue weighted by molar-refractivity contribution is 9.10. The second kappa shape index (κ2) is 11.1. The summed E-state index contributed by atoms with van der Waals surface area (Å²) in [5, 5.41) is 1.89. The van der Waals surface area contributed by atoms with Crippen molar-refractivity contribution in [1.82, 2.24) is 4.57 Å². The first kappa shape index (κ1) is 17.8. The molecule has 8 rings (SSSR count). The Morgan fingerprint density at radius 2 is 1.00 bits per heavy atom. The molecule has 1 nitrogen and oxygen atoms in total. The lowest BCUT2D eigenvalue weighted by molar-refractivity contribution is 1.18. The molecule has 0 radical (unpaired) electrons. The molecule has 44 heavy (non-hydrogen) atoms. The van der Waals surface area contributed by atoms with Gasteiger partial charge in [-0.1, -0.05) is 149 Å².